The van der Waals surface area contributed by atoms with Gasteiger partial charge < -0.3 is 20.5 Å². The fourth-order valence-corrected chi connectivity index (χ4v) is 4.68. The van der Waals surface area contributed by atoms with Crippen molar-refractivity contribution in [1.29, 1.82) is 0 Å². The molecule has 34 heavy (non-hydrogen) atoms. The molecule has 7 nitrogen and oxygen atoms in total. The zero-order valence-corrected chi connectivity index (χ0v) is 20.6. The van der Waals surface area contributed by atoms with E-state index in [0.717, 1.165) is 22.3 Å². The number of carbonyl (C=O) groups excluding carboxylic acids is 2. The average Bonchev–Trinajstić information content (AvgIpc) is 3.13. The van der Waals surface area contributed by atoms with Crippen molar-refractivity contribution in [3.63, 3.8) is 0 Å². The lowest BCUT2D eigenvalue weighted by Crippen LogP contribution is -2.51. The molecule has 0 aromatic heterocycles. The van der Waals surface area contributed by atoms with E-state index in [9.17, 15) is 14.4 Å². The maximum atomic E-state index is 12.9. The molecule has 0 unspecified atom stereocenters. The van der Waals surface area contributed by atoms with E-state index >= 15 is 0 Å². The number of fused-ring (bicyclic) bond motifs is 3. The summed E-state index contributed by atoms with van der Waals surface area (Å²) in [4.78, 5) is 36.7. The van der Waals surface area contributed by atoms with Gasteiger partial charge in [0.15, 0.2) is 0 Å². The van der Waals surface area contributed by atoms with Crippen LogP contribution in [0.2, 0.25) is 0 Å². The lowest BCUT2D eigenvalue weighted by atomic mass is 9.98. The Hall–Kier alpha value is -3.00. The van der Waals surface area contributed by atoms with E-state index in [4.69, 9.17) is 9.84 Å². The van der Waals surface area contributed by atoms with Gasteiger partial charge in [-0.25, -0.2) is 4.79 Å². The van der Waals surface area contributed by atoms with Gasteiger partial charge in [-0.3, -0.25) is 9.59 Å². The van der Waals surface area contributed by atoms with E-state index in [-0.39, 0.29) is 24.9 Å². The molecule has 0 spiro atoms. The third-order valence-corrected chi connectivity index (χ3v) is 6.73. The summed E-state index contributed by atoms with van der Waals surface area (Å²) in [6.07, 6.45) is 1.49. The summed E-state index contributed by atoms with van der Waals surface area (Å²) in [6.45, 7) is 3.86. The Balaban J connectivity index is 1.65. The van der Waals surface area contributed by atoms with Crippen molar-refractivity contribution in [3.8, 4) is 11.1 Å². The van der Waals surface area contributed by atoms with Gasteiger partial charge in [-0.2, -0.15) is 11.8 Å². The molecule has 182 valence electrons. The predicted molar refractivity (Wildman–Crippen MR) is 134 cm³/mol. The molecule has 2 amide bonds. The van der Waals surface area contributed by atoms with Crippen LogP contribution in [-0.2, 0) is 14.3 Å². The van der Waals surface area contributed by atoms with Crippen LogP contribution in [0.25, 0.3) is 11.1 Å². The van der Waals surface area contributed by atoms with Crippen molar-refractivity contribution in [2.45, 2.75) is 44.7 Å². The highest BCUT2D eigenvalue weighted by atomic mass is 32.2. The second-order valence-electron chi connectivity index (χ2n) is 8.76. The highest BCUT2D eigenvalue weighted by Gasteiger charge is 2.30. The summed E-state index contributed by atoms with van der Waals surface area (Å²) in [5, 5.41) is 14.6. The number of aliphatic carboxylic acids is 1. The minimum atomic E-state index is -0.982. The topological polar surface area (TPSA) is 105 Å². The van der Waals surface area contributed by atoms with Crippen molar-refractivity contribution in [2.24, 2.45) is 5.92 Å². The second-order valence-corrected chi connectivity index (χ2v) is 9.75. The smallest absolute Gasteiger partial charge is 0.407 e. The normalized spacial score (nSPS) is 14.1. The number of ether oxygens (including phenoxy) is 1. The Bertz CT molecular complexity index is 980. The Labute approximate surface area is 204 Å². The molecule has 0 bridgehead atoms. The largest absolute Gasteiger partial charge is 0.481 e. The summed E-state index contributed by atoms with van der Waals surface area (Å²) < 4.78 is 5.59. The van der Waals surface area contributed by atoms with Crippen LogP contribution in [0.4, 0.5) is 4.79 Å². The molecule has 0 radical (unpaired) electrons. The van der Waals surface area contributed by atoms with Gasteiger partial charge in [0.25, 0.3) is 0 Å². The van der Waals surface area contributed by atoms with Gasteiger partial charge in [-0.05, 0) is 46.6 Å². The van der Waals surface area contributed by atoms with Crippen molar-refractivity contribution in [3.05, 3.63) is 59.7 Å². The lowest BCUT2D eigenvalue weighted by molar-refractivity contribution is -0.138. The van der Waals surface area contributed by atoms with E-state index in [2.05, 4.69) is 22.8 Å². The summed E-state index contributed by atoms with van der Waals surface area (Å²) >= 11 is 1.56. The Morgan fingerprint density at radius 2 is 1.59 bits per heavy atom. The highest BCUT2D eigenvalue weighted by Crippen LogP contribution is 2.44. The van der Waals surface area contributed by atoms with Gasteiger partial charge in [0.1, 0.15) is 12.6 Å². The van der Waals surface area contributed by atoms with E-state index in [1.54, 1.807) is 11.8 Å². The first-order valence-corrected chi connectivity index (χ1v) is 12.8. The second kappa shape index (κ2) is 11.9. The molecule has 1 aliphatic rings. The van der Waals surface area contributed by atoms with Crippen LogP contribution in [0.15, 0.2) is 48.5 Å². The molecule has 2 atom stereocenters. The molecule has 1 aliphatic carbocycles. The Morgan fingerprint density at radius 1 is 1.00 bits per heavy atom. The molecular weight excluding hydrogens is 452 g/mol. The highest BCUT2D eigenvalue weighted by molar-refractivity contribution is 7.98. The SMILES string of the molecule is CSCC[C@@H](NC(=O)OCC1c2ccccc2-c2ccccc21)C(=O)N[C@@H](CC(=O)O)C(C)C. The molecule has 8 heteroatoms. The molecule has 3 rings (SSSR count). The molecule has 0 aliphatic heterocycles. The van der Waals surface area contributed by atoms with Gasteiger partial charge in [0, 0.05) is 12.0 Å². The number of hydrogen-bond acceptors (Lipinski definition) is 5. The fourth-order valence-electron chi connectivity index (χ4n) is 4.21. The third-order valence-electron chi connectivity index (χ3n) is 6.09. The van der Waals surface area contributed by atoms with Crippen molar-refractivity contribution < 1.29 is 24.2 Å². The van der Waals surface area contributed by atoms with Crippen LogP contribution in [0.3, 0.4) is 0 Å². The van der Waals surface area contributed by atoms with Crippen LogP contribution in [0.1, 0.15) is 43.7 Å². The van der Waals surface area contributed by atoms with E-state index in [1.165, 1.54) is 0 Å². The quantitative estimate of drug-likeness (QED) is 0.440. The van der Waals surface area contributed by atoms with E-state index in [0.29, 0.717) is 12.2 Å². The fraction of sp³-hybridized carbons (Fsp3) is 0.423. The number of alkyl carbamates (subject to hydrolysis) is 1. The Kier molecular flexibility index (Phi) is 8.98. The number of hydrogen-bond donors (Lipinski definition) is 3. The minimum Gasteiger partial charge on any atom is -0.481 e. The zero-order chi connectivity index (χ0) is 24.7. The molecular formula is C26H32N2O5S. The maximum absolute atomic E-state index is 12.9. The first-order chi connectivity index (χ1) is 16.3. The van der Waals surface area contributed by atoms with E-state index in [1.807, 2.05) is 56.5 Å². The predicted octanol–water partition coefficient (Wildman–Crippen LogP) is 4.26. The van der Waals surface area contributed by atoms with E-state index < -0.39 is 30.1 Å². The Morgan fingerprint density at radius 3 is 2.12 bits per heavy atom. The molecule has 3 N–H and O–H groups in total. The first-order valence-electron chi connectivity index (χ1n) is 11.4. The van der Waals surface area contributed by atoms with Crippen LogP contribution in [0, 0.1) is 5.92 Å². The summed E-state index contributed by atoms with van der Waals surface area (Å²) in [5.74, 6) is -0.854. The average molecular weight is 485 g/mol. The van der Waals surface area contributed by atoms with Gasteiger partial charge in [-0.1, -0.05) is 62.4 Å². The van der Waals surface area contributed by atoms with Crippen molar-refractivity contribution in [1.82, 2.24) is 10.6 Å². The van der Waals surface area contributed by atoms with Gasteiger partial charge >= 0.3 is 12.1 Å². The third kappa shape index (κ3) is 6.32. The van der Waals surface area contributed by atoms with Crippen molar-refractivity contribution in [2.75, 3.05) is 18.6 Å². The van der Waals surface area contributed by atoms with Crippen LogP contribution < -0.4 is 10.6 Å². The molecule has 2 aromatic rings. The monoisotopic (exact) mass is 484 g/mol. The van der Waals surface area contributed by atoms with Gasteiger partial charge in [0.05, 0.1) is 6.42 Å². The molecule has 0 saturated carbocycles. The minimum absolute atomic E-state index is 0.0595. The van der Waals surface area contributed by atoms with Crippen LogP contribution in [-0.4, -0.2) is 53.8 Å². The summed E-state index contributed by atoms with van der Waals surface area (Å²) in [6, 6.07) is 14.8. The number of rotatable bonds is 11. The standard InChI is InChI=1S/C26H32N2O5S/c1-16(2)23(14-24(29)30)27-25(31)22(12-13-34-3)28-26(32)33-15-21-19-10-6-4-8-17(19)18-9-5-7-11-20(18)21/h4-11,16,21-23H,12-15H2,1-3H3,(H,27,31)(H,28,32)(H,29,30)/t22-,23+/m1/s1. The van der Waals surface area contributed by atoms with Gasteiger partial charge in [-0.15, -0.1) is 0 Å². The molecule has 0 saturated heterocycles. The lowest BCUT2D eigenvalue weighted by Gasteiger charge is -2.25. The number of amides is 2. The van der Waals surface area contributed by atoms with Crippen LogP contribution in [0.5, 0.6) is 0 Å². The van der Waals surface area contributed by atoms with Crippen LogP contribution >= 0.6 is 11.8 Å². The number of carbonyl (C=O) groups is 3. The summed E-state index contributed by atoms with van der Waals surface area (Å²) in [5.41, 5.74) is 4.51. The maximum Gasteiger partial charge on any atom is 0.407 e. The molecule has 2 aromatic carbocycles. The van der Waals surface area contributed by atoms with Crippen molar-refractivity contribution >= 4 is 29.7 Å². The number of benzene rings is 2. The van der Waals surface area contributed by atoms with Gasteiger partial charge in [0.2, 0.25) is 5.91 Å². The molecule has 0 fully saturated rings. The number of nitrogens with one attached hydrogen (secondary N) is 2. The number of carboxylic acid groups (broad SMARTS) is 1. The zero-order valence-electron chi connectivity index (χ0n) is 19.7. The molecule has 0 heterocycles. The number of thioether (sulfide) groups is 1. The first kappa shape index (κ1) is 25.6. The number of carboxylic acids is 1. The summed E-state index contributed by atoms with van der Waals surface area (Å²) in [7, 11) is 0.